The van der Waals surface area contributed by atoms with Crippen LogP contribution in [0.1, 0.15) is 19.8 Å². The Kier molecular flexibility index (Phi) is 4.63. The zero-order valence-corrected chi connectivity index (χ0v) is 13.1. The third-order valence-corrected chi connectivity index (χ3v) is 6.13. The summed E-state index contributed by atoms with van der Waals surface area (Å²) in [4.78, 5) is 13.8. The summed E-state index contributed by atoms with van der Waals surface area (Å²) in [6, 6.07) is -0.514. The van der Waals surface area contributed by atoms with Gasteiger partial charge in [-0.25, -0.2) is 8.42 Å². The van der Waals surface area contributed by atoms with E-state index < -0.39 is 26.9 Å². The Balaban J connectivity index is 1.84. The molecule has 0 saturated carbocycles. The van der Waals surface area contributed by atoms with Gasteiger partial charge in [0.2, 0.25) is 5.91 Å². The van der Waals surface area contributed by atoms with Gasteiger partial charge in [-0.2, -0.15) is 0 Å². The van der Waals surface area contributed by atoms with E-state index in [0.717, 1.165) is 19.4 Å². The van der Waals surface area contributed by atoms with Crippen LogP contribution in [0.15, 0.2) is 0 Å². The lowest BCUT2D eigenvalue weighted by Crippen LogP contribution is -2.51. The first kappa shape index (κ1) is 16.0. The average molecular weight is 325 g/mol. The number of halogens is 1. The summed E-state index contributed by atoms with van der Waals surface area (Å²) in [7, 11) is -3.14. The highest BCUT2D eigenvalue weighted by Crippen LogP contribution is 2.20. The number of amides is 1. The number of hydrogen-bond donors (Lipinski definition) is 2. The number of hydrogen-bond acceptors (Lipinski definition) is 5. The summed E-state index contributed by atoms with van der Waals surface area (Å²) >= 11 is 5.95. The largest absolute Gasteiger partial charge is 0.389 e. The monoisotopic (exact) mass is 324 g/mol. The molecule has 3 unspecified atom stereocenters. The van der Waals surface area contributed by atoms with E-state index in [1.54, 1.807) is 6.92 Å². The molecule has 0 aromatic carbocycles. The van der Waals surface area contributed by atoms with Gasteiger partial charge in [0.1, 0.15) is 0 Å². The van der Waals surface area contributed by atoms with Crippen molar-refractivity contribution in [2.75, 3.05) is 31.1 Å². The molecule has 0 aliphatic carbocycles. The van der Waals surface area contributed by atoms with E-state index in [1.807, 2.05) is 4.90 Å². The molecule has 2 rings (SSSR count). The normalized spacial score (nSPS) is 37.8. The van der Waals surface area contributed by atoms with Gasteiger partial charge in [0.25, 0.3) is 0 Å². The molecule has 116 valence electrons. The maximum Gasteiger partial charge on any atom is 0.234 e. The number of rotatable bonds is 3. The second kappa shape index (κ2) is 5.79. The number of likely N-dealkylation sites (tertiary alicyclic amines) is 1. The van der Waals surface area contributed by atoms with Gasteiger partial charge in [0, 0.05) is 6.54 Å². The van der Waals surface area contributed by atoms with Gasteiger partial charge in [-0.15, -0.1) is 11.6 Å². The molecule has 6 nitrogen and oxygen atoms in total. The molecule has 0 aromatic heterocycles. The summed E-state index contributed by atoms with van der Waals surface area (Å²) < 4.78 is 22.9. The van der Waals surface area contributed by atoms with Crippen molar-refractivity contribution in [3.05, 3.63) is 0 Å². The minimum absolute atomic E-state index is 0.0854. The fourth-order valence-electron chi connectivity index (χ4n) is 2.85. The van der Waals surface area contributed by atoms with Crippen molar-refractivity contribution in [2.45, 2.75) is 36.8 Å². The lowest BCUT2D eigenvalue weighted by atomic mass is 9.95. The van der Waals surface area contributed by atoms with Crippen LogP contribution >= 0.6 is 11.6 Å². The van der Waals surface area contributed by atoms with Gasteiger partial charge >= 0.3 is 0 Å². The Morgan fingerprint density at radius 2 is 2.20 bits per heavy atom. The SMILES string of the molecule is CC1(O)CCCN(CC(=O)NC2CS(=O)(=O)CC2Cl)C1. The Hall–Kier alpha value is -0.370. The number of carbonyl (C=O) groups is 1. The Bertz CT molecular complexity index is 480. The van der Waals surface area contributed by atoms with Crippen molar-refractivity contribution in [3.8, 4) is 0 Å². The van der Waals surface area contributed by atoms with E-state index >= 15 is 0 Å². The Labute approximate surface area is 124 Å². The number of alkyl halides is 1. The van der Waals surface area contributed by atoms with Crippen molar-refractivity contribution < 1.29 is 18.3 Å². The molecule has 2 heterocycles. The van der Waals surface area contributed by atoms with E-state index in [9.17, 15) is 18.3 Å². The molecular formula is C12H21ClN2O4S. The molecule has 2 aliphatic heterocycles. The molecule has 0 bridgehead atoms. The van der Waals surface area contributed by atoms with Crippen molar-refractivity contribution in [2.24, 2.45) is 0 Å². The van der Waals surface area contributed by atoms with Crippen LogP contribution in [0.5, 0.6) is 0 Å². The van der Waals surface area contributed by atoms with Crippen LogP contribution in [0.3, 0.4) is 0 Å². The lowest BCUT2D eigenvalue weighted by molar-refractivity contribution is -0.124. The summed E-state index contributed by atoms with van der Waals surface area (Å²) in [5.74, 6) is -0.418. The Morgan fingerprint density at radius 1 is 1.50 bits per heavy atom. The maximum atomic E-state index is 11.9. The number of aliphatic hydroxyl groups is 1. The van der Waals surface area contributed by atoms with E-state index in [1.165, 1.54) is 0 Å². The number of sulfone groups is 1. The number of β-amino-alcohol motifs (C(OH)–C–C–N with tert-alkyl or cyclic N) is 1. The van der Waals surface area contributed by atoms with Gasteiger partial charge in [0.15, 0.2) is 9.84 Å². The molecular weight excluding hydrogens is 304 g/mol. The number of nitrogens with one attached hydrogen (secondary N) is 1. The summed E-state index contributed by atoms with van der Waals surface area (Å²) in [6.07, 6.45) is 1.58. The number of piperidine rings is 1. The van der Waals surface area contributed by atoms with E-state index in [2.05, 4.69) is 5.32 Å². The van der Waals surface area contributed by atoms with Crippen molar-refractivity contribution in [3.63, 3.8) is 0 Å². The molecule has 0 aromatic rings. The molecule has 8 heteroatoms. The van der Waals surface area contributed by atoms with Gasteiger partial charge < -0.3 is 10.4 Å². The molecule has 0 radical (unpaired) electrons. The van der Waals surface area contributed by atoms with Crippen LogP contribution in [0.25, 0.3) is 0 Å². The van der Waals surface area contributed by atoms with Crippen LogP contribution in [0.2, 0.25) is 0 Å². The highest BCUT2D eigenvalue weighted by Gasteiger charge is 2.37. The quantitative estimate of drug-likeness (QED) is 0.674. The fraction of sp³-hybridized carbons (Fsp3) is 0.917. The van der Waals surface area contributed by atoms with E-state index in [-0.39, 0.29) is 24.0 Å². The number of nitrogens with zero attached hydrogens (tertiary/aromatic N) is 1. The zero-order valence-electron chi connectivity index (χ0n) is 11.5. The second-order valence-electron chi connectivity index (χ2n) is 6.08. The van der Waals surface area contributed by atoms with Crippen molar-refractivity contribution in [1.29, 1.82) is 0 Å². The molecule has 0 spiro atoms. The summed E-state index contributed by atoms with van der Waals surface area (Å²) in [6.45, 7) is 3.14. The van der Waals surface area contributed by atoms with Gasteiger partial charge in [-0.1, -0.05) is 0 Å². The molecule has 2 fully saturated rings. The van der Waals surface area contributed by atoms with Gasteiger partial charge in [-0.3, -0.25) is 9.69 Å². The standard InChI is InChI=1S/C12H21ClN2O4S/c1-12(17)3-2-4-15(8-12)5-11(16)14-10-7-20(18,19)6-9(10)13/h9-10,17H,2-8H2,1H3,(H,14,16). The van der Waals surface area contributed by atoms with E-state index in [0.29, 0.717) is 6.54 Å². The van der Waals surface area contributed by atoms with Crippen LogP contribution in [-0.2, 0) is 14.6 Å². The van der Waals surface area contributed by atoms with Crippen LogP contribution in [0.4, 0.5) is 0 Å². The first-order valence-electron chi connectivity index (χ1n) is 6.75. The molecule has 3 atom stereocenters. The second-order valence-corrected chi connectivity index (χ2v) is 8.79. The van der Waals surface area contributed by atoms with Crippen LogP contribution < -0.4 is 5.32 Å². The third-order valence-electron chi connectivity index (χ3n) is 3.75. The first-order valence-corrected chi connectivity index (χ1v) is 9.01. The predicted octanol–water partition coefficient (Wildman–Crippen LogP) is -0.646. The first-order chi connectivity index (χ1) is 9.17. The number of carbonyl (C=O) groups excluding carboxylic acids is 1. The predicted molar refractivity (Wildman–Crippen MR) is 76.5 cm³/mol. The topological polar surface area (TPSA) is 86.7 Å². The molecule has 2 aliphatic rings. The highest BCUT2D eigenvalue weighted by atomic mass is 35.5. The molecule has 1 amide bonds. The third kappa shape index (κ3) is 4.31. The average Bonchev–Trinajstić information content (AvgIpc) is 2.49. The highest BCUT2D eigenvalue weighted by molar-refractivity contribution is 7.91. The molecule has 20 heavy (non-hydrogen) atoms. The minimum atomic E-state index is -3.14. The molecule has 2 saturated heterocycles. The van der Waals surface area contributed by atoms with Crippen molar-refractivity contribution >= 4 is 27.3 Å². The van der Waals surface area contributed by atoms with Gasteiger partial charge in [-0.05, 0) is 26.3 Å². The smallest absolute Gasteiger partial charge is 0.234 e. The lowest BCUT2D eigenvalue weighted by Gasteiger charge is -2.36. The zero-order chi connectivity index (χ0) is 15.0. The maximum absolute atomic E-state index is 11.9. The van der Waals surface area contributed by atoms with Crippen molar-refractivity contribution in [1.82, 2.24) is 10.2 Å². The minimum Gasteiger partial charge on any atom is -0.389 e. The van der Waals surface area contributed by atoms with Gasteiger partial charge in [0.05, 0.1) is 35.1 Å². The summed E-state index contributed by atoms with van der Waals surface area (Å²) in [5, 5.41) is 12.1. The Morgan fingerprint density at radius 3 is 2.75 bits per heavy atom. The van der Waals surface area contributed by atoms with Crippen LogP contribution in [-0.4, -0.2) is 72.5 Å². The fourth-order valence-corrected chi connectivity index (χ4v) is 5.40. The summed E-state index contributed by atoms with van der Waals surface area (Å²) in [5.41, 5.74) is -0.760. The van der Waals surface area contributed by atoms with Crippen LogP contribution in [0, 0.1) is 0 Å². The van der Waals surface area contributed by atoms with E-state index in [4.69, 9.17) is 11.6 Å². The molecule has 2 N–H and O–H groups in total.